The number of aliphatic carboxylic acids is 2. The molecule has 3 unspecified atom stereocenters. The molecule has 0 aromatic rings. The van der Waals surface area contributed by atoms with E-state index < -0.39 is 18.0 Å². The maximum Gasteiger partial charge on any atom is 0.320 e. The molecule has 1 aliphatic rings. The predicted octanol–water partition coefficient (Wildman–Crippen LogP) is 0.160. The largest absolute Gasteiger partial charge is 0.481 e. The van der Waals surface area contributed by atoms with E-state index in [0.717, 1.165) is 0 Å². The van der Waals surface area contributed by atoms with E-state index in [1.807, 2.05) is 6.92 Å². The molecule has 0 aromatic carbocycles. The molecule has 0 saturated carbocycles. The molecule has 0 aromatic heterocycles. The molecule has 1 heterocycles. The summed E-state index contributed by atoms with van der Waals surface area (Å²) in [6, 6.07) is -0.706. The maximum atomic E-state index is 10.8. The standard InChI is InChI=1S/C9H15NO4/c1-5-2-6(3-7(11)12)8(9(13)14)10-4-5/h5-6,8,10H,2-4H2,1H3,(H,11,12)(H,13,14). The van der Waals surface area contributed by atoms with Gasteiger partial charge in [-0.25, -0.2) is 0 Å². The summed E-state index contributed by atoms with van der Waals surface area (Å²) in [4.78, 5) is 21.3. The highest BCUT2D eigenvalue weighted by Gasteiger charge is 2.34. The lowest BCUT2D eigenvalue weighted by Gasteiger charge is -2.32. The quantitative estimate of drug-likeness (QED) is 0.605. The van der Waals surface area contributed by atoms with Crippen LogP contribution in [-0.4, -0.2) is 34.7 Å². The second-order valence-corrected chi connectivity index (χ2v) is 3.92. The van der Waals surface area contributed by atoms with Crippen LogP contribution in [0.1, 0.15) is 19.8 Å². The molecule has 3 atom stereocenters. The molecule has 80 valence electrons. The van der Waals surface area contributed by atoms with Crippen molar-refractivity contribution in [1.82, 2.24) is 5.32 Å². The third-order valence-corrected chi connectivity index (χ3v) is 2.57. The van der Waals surface area contributed by atoms with E-state index in [0.29, 0.717) is 18.9 Å². The zero-order valence-electron chi connectivity index (χ0n) is 8.06. The second-order valence-electron chi connectivity index (χ2n) is 3.92. The van der Waals surface area contributed by atoms with Gasteiger partial charge in [0.2, 0.25) is 0 Å². The highest BCUT2D eigenvalue weighted by molar-refractivity contribution is 5.76. The first kappa shape index (κ1) is 11.0. The minimum absolute atomic E-state index is 0.0751. The van der Waals surface area contributed by atoms with Gasteiger partial charge in [0.1, 0.15) is 6.04 Å². The Bertz CT molecular complexity index is 241. The lowest BCUT2D eigenvalue weighted by molar-refractivity contribution is -0.144. The highest BCUT2D eigenvalue weighted by Crippen LogP contribution is 2.24. The summed E-state index contributed by atoms with van der Waals surface area (Å²) in [5.74, 6) is -1.84. The lowest BCUT2D eigenvalue weighted by atomic mass is 9.83. The summed E-state index contributed by atoms with van der Waals surface area (Å²) in [5.41, 5.74) is 0. The number of piperidine rings is 1. The van der Waals surface area contributed by atoms with E-state index in [9.17, 15) is 9.59 Å². The van der Waals surface area contributed by atoms with E-state index in [1.54, 1.807) is 0 Å². The Morgan fingerprint density at radius 2 is 2.07 bits per heavy atom. The van der Waals surface area contributed by atoms with Gasteiger partial charge < -0.3 is 15.5 Å². The topological polar surface area (TPSA) is 86.6 Å². The number of rotatable bonds is 3. The smallest absolute Gasteiger partial charge is 0.320 e. The average Bonchev–Trinajstić information content (AvgIpc) is 2.01. The van der Waals surface area contributed by atoms with E-state index >= 15 is 0 Å². The third-order valence-electron chi connectivity index (χ3n) is 2.57. The van der Waals surface area contributed by atoms with Crippen LogP contribution in [0.25, 0.3) is 0 Å². The van der Waals surface area contributed by atoms with Crippen molar-refractivity contribution in [3.63, 3.8) is 0 Å². The van der Waals surface area contributed by atoms with Crippen LogP contribution in [0.4, 0.5) is 0 Å². The number of carbonyl (C=O) groups is 2. The van der Waals surface area contributed by atoms with Crippen LogP contribution < -0.4 is 5.32 Å². The SMILES string of the molecule is CC1CNC(C(=O)O)C(CC(=O)O)C1. The minimum Gasteiger partial charge on any atom is -0.481 e. The Morgan fingerprint density at radius 3 is 2.57 bits per heavy atom. The van der Waals surface area contributed by atoms with Crippen LogP contribution in [0, 0.1) is 11.8 Å². The Labute approximate surface area is 82.1 Å². The molecular formula is C9H15NO4. The first-order valence-electron chi connectivity index (χ1n) is 4.68. The van der Waals surface area contributed by atoms with Gasteiger partial charge in [0.05, 0.1) is 6.42 Å². The number of carboxylic acids is 2. The van der Waals surface area contributed by atoms with Gasteiger partial charge in [-0.15, -0.1) is 0 Å². The predicted molar refractivity (Wildman–Crippen MR) is 49.0 cm³/mol. The van der Waals surface area contributed by atoms with Gasteiger partial charge in [0.25, 0.3) is 0 Å². The Hall–Kier alpha value is -1.10. The zero-order chi connectivity index (χ0) is 10.7. The fraction of sp³-hybridized carbons (Fsp3) is 0.778. The summed E-state index contributed by atoms with van der Waals surface area (Å²) in [6.45, 7) is 2.63. The van der Waals surface area contributed by atoms with E-state index in [-0.39, 0.29) is 12.3 Å². The van der Waals surface area contributed by atoms with Crippen LogP contribution in [0.2, 0.25) is 0 Å². The van der Waals surface area contributed by atoms with Crippen molar-refractivity contribution in [3.05, 3.63) is 0 Å². The molecule has 5 nitrogen and oxygen atoms in total. The van der Waals surface area contributed by atoms with Crippen molar-refractivity contribution in [3.8, 4) is 0 Å². The molecule has 3 N–H and O–H groups in total. The molecule has 0 amide bonds. The normalized spacial score (nSPS) is 32.5. The lowest BCUT2D eigenvalue weighted by Crippen LogP contribution is -2.50. The molecule has 0 spiro atoms. The molecule has 0 aliphatic carbocycles. The van der Waals surface area contributed by atoms with Gasteiger partial charge >= 0.3 is 11.9 Å². The molecule has 1 fully saturated rings. The molecule has 1 saturated heterocycles. The molecule has 1 aliphatic heterocycles. The molecular weight excluding hydrogens is 186 g/mol. The second kappa shape index (κ2) is 4.41. The fourth-order valence-electron chi connectivity index (χ4n) is 1.95. The van der Waals surface area contributed by atoms with Crippen molar-refractivity contribution in [1.29, 1.82) is 0 Å². The van der Waals surface area contributed by atoms with Gasteiger partial charge in [-0.05, 0) is 24.8 Å². The first-order chi connectivity index (χ1) is 6.50. The Kier molecular flexibility index (Phi) is 3.46. The summed E-state index contributed by atoms with van der Waals surface area (Å²) < 4.78 is 0. The van der Waals surface area contributed by atoms with Gasteiger partial charge in [-0.1, -0.05) is 6.92 Å². The Balaban J connectivity index is 2.63. The third kappa shape index (κ3) is 2.70. The van der Waals surface area contributed by atoms with Crippen LogP contribution in [0.3, 0.4) is 0 Å². The zero-order valence-corrected chi connectivity index (χ0v) is 8.06. The van der Waals surface area contributed by atoms with Crippen LogP contribution in [0.5, 0.6) is 0 Å². The molecule has 14 heavy (non-hydrogen) atoms. The summed E-state index contributed by atoms with van der Waals surface area (Å²) in [7, 11) is 0. The van der Waals surface area contributed by atoms with E-state index in [4.69, 9.17) is 10.2 Å². The van der Waals surface area contributed by atoms with Crippen molar-refractivity contribution < 1.29 is 19.8 Å². The monoisotopic (exact) mass is 201 g/mol. The van der Waals surface area contributed by atoms with Crippen molar-refractivity contribution in [2.75, 3.05) is 6.54 Å². The van der Waals surface area contributed by atoms with E-state index in [2.05, 4.69) is 5.32 Å². The summed E-state index contributed by atoms with van der Waals surface area (Å²) in [5, 5.41) is 20.3. The number of hydrogen-bond acceptors (Lipinski definition) is 3. The molecule has 5 heteroatoms. The van der Waals surface area contributed by atoms with Crippen molar-refractivity contribution >= 4 is 11.9 Å². The van der Waals surface area contributed by atoms with Crippen LogP contribution in [-0.2, 0) is 9.59 Å². The van der Waals surface area contributed by atoms with Crippen molar-refractivity contribution in [2.45, 2.75) is 25.8 Å². The maximum absolute atomic E-state index is 10.8. The van der Waals surface area contributed by atoms with Crippen LogP contribution >= 0.6 is 0 Å². The highest BCUT2D eigenvalue weighted by atomic mass is 16.4. The number of nitrogens with one attached hydrogen (secondary N) is 1. The molecule has 0 radical (unpaired) electrons. The van der Waals surface area contributed by atoms with Gasteiger partial charge in [0.15, 0.2) is 0 Å². The van der Waals surface area contributed by atoms with Gasteiger partial charge in [-0.3, -0.25) is 9.59 Å². The van der Waals surface area contributed by atoms with Crippen molar-refractivity contribution in [2.24, 2.45) is 11.8 Å². The number of carboxylic acid groups (broad SMARTS) is 2. The first-order valence-corrected chi connectivity index (χ1v) is 4.68. The fourth-order valence-corrected chi connectivity index (χ4v) is 1.95. The number of hydrogen-bond donors (Lipinski definition) is 3. The minimum atomic E-state index is -0.955. The Morgan fingerprint density at radius 1 is 1.43 bits per heavy atom. The van der Waals surface area contributed by atoms with Crippen LogP contribution in [0.15, 0.2) is 0 Å². The average molecular weight is 201 g/mol. The summed E-state index contributed by atoms with van der Waals surface area (Å²) in [6.07, 6.45) is 0.588. The molecule has 0 bridgehead atoms. The van der Waals surface area contributed by atoms with Gasteiger partial charge in [0, 0.05) is 0 Å². The van der Waals surface area contributed by atoms with E-state index in [1.165, 1.54) is 0 Å². The molecule has 1 rings (SSSR count). The summed E-state index contributed by atoms with van der Waals surface area (Å²) >= 11 is 0. The van der Waals surface area contributed by atoms with Gasteiger partial charge in [-0.2, -0.15) is 0 Å².